The lowest BCUT2D eigenvalue weighted by atomic mass is 10.0. The Morgan fingerprint density at radius 3 is 2.72 bits per heavy atom. The third kappa shape index (κ3) is 2.89. The molecule has 25 heavy (non-hydrogen) atoms. The first-order valence-electron chi connectivity index (χ1n) is 8.26. The number of benzene rings is 2. The van der Waals surface area contributed by atoms with Crippen molar-refractivity contribution in [3.8, 4) is 0 Å². The van der Waals surface area contributed by atoms with Gasteiger partial charge in [0.1, 0.15) is 0 Å². The van der Waals surface area contributed by atoms with E-state index in [0.29, 0.717) is 16.5 Å². The summed E-state index contributed by atoms with van der Waals surface area (Å²) in [6.07, 6.45) is 1.95. The molecule has 1 unspecified atom stereocenters. The first-order valence-corrected chi connectivity index (χ1v) is 8.66. The van der Waals surface area contributed by atoms with Gasteiger partial charge < -0.3 is 9.88 Å². The normalized spacial score (nSPS) is 17.1. The van der Waals surface area contributed by atoms with E-state index in [4.69, 9.17) is 12.2 Å². The second-order valence-corrected chi connectivity index (χ2v) is 6.64. The third-order valence-electron chi connectivity index (χ3n) is 4.68. The van der Waals surface area contributed by atoms with Gasteiger partial charge in [0.25, 0.3) is 11.5 Å². The van der Waals surface area contributed by atoms with Gasteiger partial charge in [0.2, 0.25) is 0 Å². The average Bonchev–Trinajstić information content (AvgIpc) is 3.11. The van der Waals surface area contributed by atoms with Crippen LogP contribution in [-0.4, -0.2) is 27.3 Å². The van der Waals surface area contributed by atoms with E-state index in [1.54, 1.807) is 18.2 Å². The van der Waals surface area contributed by atoms with Crippen LogP contribution < -0.4 is 5.56 Å². The van der Waals surface area contributed by atoms with Gasteiger partial charge in [0, 0.05) is 12.1 Å². The summed E-state index contributed by atoms with van der Waals surface area (Å²) < 4.78 is 0.255. The van der Waals surface area contributed by atoms with Crippen molar-refractivity contribution in [1.82, 2.24) is 14.9 Å². The zero-order valence-corrected chi connectivity index (χ0v) is 14.3. The fourth-order valence-electron chi connectivity index (χ4n) is 3.50. The van der Waals surface area contributed by atoms with Crippen LogP contribution in [0.15, 0.2) is 53.3 Å². The van der Waals surface area contributed by atoms with E-state index in [1.807, 2.05) is 23.1 Å². The third-order valence-corrected chi connectivity index (χ3v) is 4.89. The molecule has 0 radical (unpaired) electrons. The molecule has 2 aromatic carbocycles. The molecular weight excluding hydrogens is 334 g/mol. The second kappa shape index (κ2) is 6.29. The van der Waals surface area contributed by atoms with Crippen molar-refractivity contribution < 1.29 is 4.79 Å². The van der Waals surface area contributed by atoms with Crippen molar-refractivity contribution in [2.45, 2.75) is 18.9 Å². The number of aromatic amines is 2. The monoisotopic (exact) mass is 351 g/mol. The number of aromatic nitrogens is 2. The molecule has 2 heterocycles. The van der Waals surface area contributed by atoms with Gasteiger partial charge in [-0.05, 0) is 48.8 Å². The van der Waals surface area contributed by atoms with Crippen molar-refractivity contribution in [3.05, 3.63) is 74.8 Å². The van der Waals surface area contributed by atoms with Crippen molar-refractivity contribution in [3.63, 3.8) is 0 Å². The topological polar surface area (TPSA) is 69.0 Å². The summed E-state index contributed by atoms with van der Waals surface area (Å²) in [4.78, 5) is 32.4. The van der Waals surface area contributed by atoms with Gasteiger partial charge in [0.05, 0.1) is 16.9 Å². The minimum atomic E-state index is -0.249. The molecule has 1 amide bonds. The largest absolute Gasteiger partial charge is 0.332 e. The van der Waals surface area contributed by atoms with Crippen LogP contribution >= 0.6 is 12.2 Å². The molecule has 1 saturated heterocycles. The molecule has 1 aromatic heterocycles. The molecule has 0 bridgehead atoms. The van der Waals surface area contributed by atoms with E-state index in [9.17, 15) is 9.59 Å². The van der Waals surface area contributed by atoms with E-state index >= 15 is 0 Å². The Balaban J connectivity index is 1.72. The van der Waals surface area contributed by atoms with E-state index in [-0.39, 0.29) is 22.3 Å². The summed E-state index contributed by atoms with van der Waals surface area (Å²) >= 11 is 5.02. The summed E-state index contributed by atoms with van der Waals surface area (Å²) in [5.41, 5.74) is 2.05. The van der Waals surface area contributed by atoms with Gasteiger partial charge in [-0.1, -0.05) is 30.3 Å². The van der Waals surface area contributed by atoms with Gasteiger partial charge in [-0.2, -0.15) is 0 Å². The maximum atomic E-state index is 13.0. The first kappa shape index (κ1) is 15.8. The summed E-state index contributed by atoms with van der Waals surface area (Å²) in [5.74, 6) is -0.0205. The highest BCUT2D eigenvalue weighted by molar-refractivity contribution is 7.71. The fraction of sp³-hybridized carbons (Fsp3) is 0.211. The van der Waals surface area contributed by atoms with Crippen LogP contribution in [0.3, 0.4) is 0 Å². The van der Waals surface area contributed by atoms with Crippen LogP contribution in [0.25, 0.3) is 10.9 Å². The Morgan fingerprint density at radius 2 is 1.92 bits per heavy atom. The average molecular weight is 351 g/mol. The molecule has 1 aliphatic rings. The van der Waals surface area contributed by atoms with Crippen LogP contribution in [0.2, 0.25) is 0 Å². The highest BCUT2D eigenvalue weighted by atomic mass is 32.1. The first-order chi connectivity index (χ1) is 12.1. The molecule has 5 nitrogen and oxygen atoms in total. The quantitative estimate of drug-likeness (QED) is 0.694. The number of rotatable bonds is 2. The number of H-pyrrole nitrogens is 2. The van der Waals surface area contributed by atoms with Crippen LogP contribution in [-0.2, 0) is 0 Å². The minimum Gasteiger partial charge on any atom is -0.332 e. The molecule has 1 atom stereocenters. The number of likely N-dealkylation sites (tertiary alicyclic amines) is 1. The number of fused-ring (bicyclic) bond motifs is 1. The van der Waals surface area contributed by atoms with Gasteiger partial charge in [-0.25, -0.2) is 0 Å². The van der Waals surface area contributed by atoms with Crippen LogP contribution in [0.4, 0.5) is 0 Å². The smallest absolute Gasteiger partial charge is 0.259 e. The Bertz CT molecular complexity index is 1060. The molecule has 126 valence electrons. The number of amides is 1. The zero-order chi connectivity index (χ0) is 17.4. The molecule has 2 N–H and O–H groups in total. The van der Waals surface area contributed by atoms with E-state index in [0.717, 1.165) is 24.9 Å². The standard InChI is InChI=1S/C19H17N3O2S/c23-17-14-9-8-13(11-15(14)20-19(25)21-17)18(24)22-10-4-7-16(22)12-5-2-1-3-6-12/h1-3,5-6,8-9,11,16H,4,7,10H2,(H2,20,21,23,25). The number of carbonyl (C=O) groups is 1. The molecule has 0 spiro atoms. The lowest BCUT2D eigenvalue weighted by Crippen LogP contribution is -2.30. The van der Waals surface area contributed by atoms with Crippen LogP contribution in [0.1, 0.15) is 34.8 Å². The van der Waals surface area contributed by atoms with Gasteiger partial charge in [0.15, 0.2) is 4.77 Å². The van der Waals surface area contributed by atoms with E-state index in [1.165, 1.54) is 0 Å². The molecule has 1 aliphatic heterocycles. The van der Waals surface area contributed by atoms with E-state index < -0.39 is 0 Å². The summed E-state index contributed by atoms with van der Waals surface area (Å²) in [7, 11) is 0. The highest BCUT2D eigenvalue weighted by Gasteiger charge is 2.30. The molecule has 1 fully saturated rings. The molecule has 0 saturated carbocycles. The van der Waals surface area contributed by atoms with Gasteiger partial charge >= 0.3 is 0 Å². The van der Waals surface area contributed by atoms with Crippen molar-refractivity contribution in [2.75, 3.05) is 6.54 Å². The summed E-state index contributed by atoms with van der Waals surface area (Å²) in [6.45, 7) is 0.738. The molecule has 4 rings (SSSR count). The minimum absolute atomic E-state index is 0.0205. The fourth-order valence-corrected chi connectivity index (χ4v) is 3.70. The van der Waals surface area contributed by atoms with Crippen LogP contribution in [0.5, 0.6) is 0 Å². The van der Waals surface area contributed by atoms with Crippen molar-refractivity contribution in [1.29, 1.82) is 0 Å². The molecule has 3 aromatic rings. The highest BCUT2D eigenvalue weighted by Crippen LogP contribution is 2.33. The number of hydrogen-bond acceptors (Lipinski definition) is 3. The number of nitrogens with one attached hydrogen (secondary N) is 2. The van der Waals surface area contributed by atoms with Crippen LogP contribution in [0, 0.1) is 4.77 Å². The van der Waals surface area contributed by atoms with E-state index in [2.05, 4.69) is 22.1 Å². The van der Waals surface area contributed by atoms with Crippen molar-refractivity contribution in [2.24, 2.45) is 0 Å². The predicted molar refractivity (Wildman–Crippen MR) is 99.2 cm³/mol. The summed E-state index contributed by atoms with van der Waals surface area (Å²) in [5, 5.41) is 0.492. The van der Waals surface area contributed by atoms with Crippen molar-refractivity contribution >= 4 is 29.0 Å². The number of hydrogen-bond donors (Lipinski definition) is 2. The molecule has 0 aliphatic carbocycles. The Hall–Kier alpha value is -2.73. The maximum absolute atomic E-state index is 13.0. The van der Waals surface area contributed by atoms with Gasteiger partial charge in [-0.15, -0.1) is 0 Å². The molecular formula is C19H17N3O2S. The summed E-state index contributed by atoms with van der Waals surface area (Å²) in [6, 6.07) is 15.3. The number of nitrogens with zero attached hydrogens (tertiary/aromatic N) is 1. The van der Waals surface area contributed by atoms with Gasteiger partial charge in [-0.3, -0.25) is 14.6 Å². The Labute approximate surface area is 149 Å². The Kier molecular flexibility index (Phi) is 3.97. The maximum Gasteiger partial charge on any atom is 0.259 e. The zero-order valence-electron chi connectivity index (χ0n) is 13.5. The lowest BCUT2D eigenvalue weighted by Gasteiger charge is -2.25. The molecule has 6 heteroatoms. The predicted octanol–water partition coefficient (Wildman–Crippen LogP) is 3.56. The SMILES string of the molecule is O=C(c1ccc2c(=O)[nH]c(=S)[nH]c2c1)N1CCCC1c1ccccc1. The second-order valence-electron chi connectivity index (χ2n) is 6.24. The Morgan fingerprint density at radius 1 is 1.12 bits per heavy atom. The number of carbonyl (C=O) groups excluding carboxylic acids is 1. The lowest BCUT2D eigenvalue weighted by molar-refractivity contribution is 0.0736.